The van der Waals surface area contributed by atoms with Gasteiger partial charge in [-0.3, -0.25) is 19.2 Å². The SMILES string of the molecule is Cn1c(=O)c(C(=O)NCC(=O)O)c(O)c2cc(-c3cccc(C=O)c3)ccc21. The Hall–Kier alpha value is -3.94. The second-order valence-corrected chi connectivity index (χ2v) is 6.14. The molecule has 0 radical (unpaired) electrons. The van der Waals surface area contributed by atoms with Crippen LogP contribution >= 0.6 is 0 Å². The van der Waals surface area contributed by atoms with Crippen LogP contribution in [0.2, 0.25) is 0 Å². The fourth-order valence-corrected chi connectivity index (χ4v) is 2.95. The molecule has 0 aliphatic rings. The Balaban J connectivity index is 2.19. The summed E-state index contributed by atoms with van der Waals surface area (Å²) in [4.78, 5) is 46.4. The van der Waals surface area contributed by atoms with Gasteiger partial charge in [-0.25, -0.2) is 0 Å². The summed E-state index contributed by atoms with van der Waals surface area (Å²) in [6.45, 7) is -0.683. The van der Waals surface area contributed by atoms with E-state index < -0.39 is 35.3 Å². The van der Waals surface area contributed by atoms with Crippen LogP contribution in [0.4, 0.5) is 0 Å². The van der Waals surface area contributed by atoms with Gasteiger partial charge in [0.1, 0.15) is 24.1 Å². The van der Waals surface area contributed by atoms with Crippen molar-refractivity contribution in [1.29, 1.82) is 0 Å². The number of aromatic hydroxyl groups is 1. The molecule has 142 valence electrons. The van der Waals surface area contributed by atoms with Crippen molar-refractivity contribution in [3.05, 3.63) is 63.9 Å². The number of nitrogens with one attached hydrogen (secondary N) is 1. The molecule has 0 spiro atoms. The van der Waals surface area contributed by atoms with Crippen LogP contribution in [0.25, 0.3) is 22.0 Å². The molecule has 0 saturated carbocycles. The molecular weight excluding hydrogens is 364 g/mol. The third kappa shape index (κ3) is 3.35. The lowest BCUT2D eigenvalue weighted by molar-refractivity contribution is -0.135. The van der Waals surface area contributed by atoms with Gasteiger partial charge in [0.15, 0.2) is 0 Å². The number of carboxylic acids is 1. The summed E-state index contributed by atoms with van der Waals surface area (Å²) in [7, 11) is 1.45. The number of carbonyl (C=O) groups excluding carboxylic acids is 2. The van der Waals surface area contributed by atoms with E-state index >= 15 is 0 Å². The molecule has 1 heterocycles. The lowest BCUT2D eigenvalue weighted by atomic mass is 10.00. The number of nitrogens with zero attached hydrogens (tertiary/aromatic N) is 1. The topological polar surface area (TPSA) is 126 Å². The maximum Gasteiger partial charge on any atom is 0.322 e. The number of hydrogen-bond acceptors (Lipinski definition) is 5. The second-order valence-electron chi connectivity index (χ2n) is 6.14. The van der Waals surface area contributed by atoms with E-state index in [4.69, 9.17) is 5.11 Å². The van der Waals surface area contributed by atoms with Crippen molar-refractivity contribution in [2.75, 3.05) is 6.54 Å². The Morgan fingerprint density at radius 2 is 1.86 bits per heavy atom. The van der Waals surface area contributed by atoms with Gasteiger partial charge in [0.05, 0.1) is 5.52 Å². The highest BCUT2D eigenvalue weighted by Crippen LogP contribution is 2.31. The van der Waals surface area contributed by atoms with Gasteiger partial charge >= 0.3 is 5.97 Å². The molecule has 0 atom stereocenters. The molecule has 0 unspecified atom stereocenters. The Bertz CT molecular complexity index is 1180. The molecule has 28 heavy (non-hydrogen) atoms. The lowest BCUT2D eigenvalue weighted by Crippen LogP contribution is -2.35. The van der Waals surface area contributed by atoms with Crippen LogP contribution in [0, 0.1) is 0 Å². The number of carboxylic acid groups (broad SMARTS) is 1. The minimum Gasteiger partial charge on any atom is -0.506 e. The number of aryl methyl sites for hydroxylation is 1. The molecule has 0 bridgehead atoms. The van der Waals surface area contributed by atoms with Gasteiger partial charge < -0.3 is 20.1 Å². The van der Waals surface area contributed by atoms with Crippen LogP contribution in [-0.4, -0.2) is 39.5 Å². The first-order chi connectivity index (χ1) is 13.3. The first kappa shape index (κ1) is 18.8. The number of rotatable bonds is 5. The van der Waals surface area contributed by atoms with Crippen LogP contribution < -0.4 is 10.9 Å². The number of aromatic nitrogens is 1. The van der Waals surface area contributed by atoms with Gasteiger partial charge in [0.2, 0.25) is 0 Å². The molecule has 0 fully saturated rings. The third-order valence-corrected chi connectivity index (χ3v) is 4.35. The van der Waals surface area contributed by atoms with E-state index in [2.05, 4.69) is 5.32 Å². The predicted octanol–water partition coefficient (Wildman–Crippen LogP) is 1.54. The van der Waals surface area contributed by atoms with E-state index in [9.17, 15) is 24.3 Å². The molecule has 3 N–H and O–H groups in total. The maximum absolute atomic E-state index is 12.5. The molecule has 1 aromatic heterocycles. The normalized spacial score (nSPS) is 10.6. The zero-order valence-corrected chi connectivity index (χ0v) is 14.8. The van der Waals surface area contributed by atoms with Crippen molar-refractivity contribution in [2.24, 2.45) is 7.05 Å². The lowest BCUT2D eigenvalue weighted by Gasteiger charge is -2.13. The van der Waals surface area contributed by atoms with Gasteiger partial charge in [-0.2, -0.15) is 0 Å². The van der Waals surface area contributed by atoms with Gasteiger partial charge in [-0.1, -0.05) is 24.3 Å². The van der Waals surface area contributed by atoms with Crippen LogP contribution in [0.5, 0.6) is 5.75 Å². The molecule has 2 aromatic carbocycles. The number of hydrogen-bond donors (Lipinski definition) is 3. The Kier molecular flexibility index (Phi) is 4.95. The molecule has 0 aliphatic carbocycles. The highest BCUT2D eigenvalue weighted by molar-refractivity contribution is 6.03. The van der Waals surface area contributed by atoms with Crippen LogP contribution in [0.3, 0.4) is 0 Å². The average Bonchev–Trinajstić information content (AvgIpc) is 2.70. The molecule has 8 heteroatoms. The van der Waals surface area contributed by atoms with Crippen LogP contribution in [-0.2, 0) is 11.8 Å². The van der Waals surface area contributed by atoms with E-state index in [0.29, 0.717) is 16.6 Å². The van der Waals surface area contributed by atoms with E-state index in [1.54, 1.807) is 42.5 Å². The first-order valence-electron chi connectivity index (χ1n) is 8.24. The summed E-state index contributed by atoms with van der Waals surface area (Å²) in [5, 5.41) is 21.6. The number of fused-ring (bicyclic) bond motifs is 1. The zero-order chi connectivity index (χ0) is 20.4. The monoisotopic (exact) mass is 380 g/mol. The average molecular weight is 380 g/mol. The molecule has 3 aromatic rings. The summed E-state index contributed by atoms with van der Waals surface area (Å²) in [6, 6.07) is 11.8. The summed E-state index contributed by atoms with van der Waals surface area (Å²) < 4.78 is 1.20. The molecule has 8 nitrogen and oxygen atoms in total. The number of aldehydes is 1. The second kappa shape index (κ2) is 7.36. The Morgan fingerprint density at radius 1 is 1.14 bits per heavy atom. The van der Waals surface area contributed by atoms with Crippen molar-refractivity contribution < 1.29 is 24.6 Å². The van der Waals surface area contributed by atoms with Gasteiger partial charge in [-0.05, 0) is 29.3 Å². The Morgan fingerprint density at radius 3 is 2.54 bits per heavy atom. The number of amides is 1. The molecule has 0 aliphatic heterocycles. The zero-order valence-electron chi connectivity index (χ0n) is 14.8. The van der Waals surface area contributed by atoms with E-state index in [1.807, 2.05) is 0 Å². The third-order valence-electron chi connectivity index (χ3n) is 4.35. The summed E-state index contributed by atoms with van der Waals surface area (Å²) in [6.07, 6.45) is 0.719. The van der Waals surface area contributed by atoms with Gasteiger partial charge in [0, 0.05) is 18.0 Å². The standard InChI is InChI=1S/C20H16N2O6/c1-22-15-6-5-13(12-4-2-3-11(7-12)10-23)8-14(15)18(26)17(20(22)28)19(27)21-9-16(24)25/h2-8,10,26H,9H2,1H3,(H,21,27)(H,24,25). The molecule has 1 amide bonds. The minimum atomic E-state index is -1.28. The van der Waals surface area contributed by atoms with Crippen LogP contribution in [0.1, 0.15) is 20.7 Å². The molecule has 3 rings (SSSR count). The van der Waals surface area contributed by atoms with E-state index in [-0.39, 0.29) is 5.39 Å². The fourth-order valence-electron chi connectivity index (χ4n) is 2.95. The highest BCUT2D eigenvalue weighted by atomic mass is 16.4. The minimum absolute atomic E-state index is 0.247. The van der Waals surface area contributed by atoms with Gasteiger partial charge in [-0.15, -0.1) is 0 Å². The highest BCUT2D eigenvalue weighted by Gasteiger charge is 2.21. The smallest absolute Gasteiger partial charge is 0.322 e. The van der Waals surface area contributed by atoms with Crippen molar-refractivity contribution in [2.45, 2.75) is 0 Å². The summed E-state index contributed by atoms with van der Waals surface area (Å²) >= 11 is 0. The number of benzene rings is 2. The number of carbonyl (C=O) groups is 3. The quantitative estimate of drug-likeness (QED) is 0.577. The number of aliphatic carboxylic acids is 1. The largest absolute Gasteiger partial charge is 0.506 e. The van der Waals surface area contributed by atoms with Crippen molar-refractivity contribution >= 4 is 29.1 Å². The van der Waals surface area contributed by atoms with Crippen LogP contribution in [0.15, 0.2) is 47.3 Å². The van der Waals surface area contributed by atoms with E-state index in [1.165, 1.54) is 11.6 Å². The van der Waals surface area contributed by atoms with Crippen molar-refractivity contribution in [1.82, 2.24) is 9.88 Å². The Labute approximate surface area is 158 Å². The maximum atomic E-state index is 12.5. The number of pyridine rings is 1. The summed E-state index contributed by atoms with van der Waals surface area (Å²) in [5.41, 5.74) is 0.987. The van der Waals surface area contributed by atoms with Crippen molar-refractivity contribution in [3.63, 3.8) is 0 Å². The predicted molar refractivity (Wildman–Crippen MR) is 102 cm³/mol. The van der Waals surface area contributed by atoms with Gasteiger partial charge in [0.25, 0.3) is 11.5 Å². The van der Waals surface area contributed by atoms with E-state index in [0.717, 1.165) is 11.8 Å². The molecular formula is C20H16N2O6. The fraction of sp³-hybridized carbons (Fsp3) is 0.100. The first-order valence-corrected chi connectivity index (χ1v) is 8.24. The molecule has 0 saturated heterocycles. The summed E-state index contributed by atoms with van der Waals surface area (Å²) in [5.74, 6) is -2.78. The van der Waals surface area contributed by atoms with Crippen molar-refractivity contribution in [3.8, 4) is 16.9 Å².